The van der Waals surface area contributed by atoms with E-state index in [0.29, 0.717) is 5.69 Å². The maximum atomic E-state index is 12.4. The van der Waals surface area contributed by atoms with Gasteiger partial charge in [-0.05, 0) is 36.7 Å². The number of hydrogen-bond acceptors (Lipinski definition) is 5. The lowest BCUT2D eigenvalue weighted by molar-refractivity contribution is 0.0622. The average molecular weight is 341 g/mol. The number of fused-ring (bicyclic) bond motifs is 1. The van der Waals surface area contributed by atoms with Gasteiger partial charge < -0.3 is 9.30 Å². The minimum absolute atomic E-state index is 0.0479. The molecule has 0 bridgehead atoms. The standard InChI is InChI=1S/C17H19N5OS/c1-13-10-15(19-24-13)17(23)21-8-6-20(7-9-21)11-14-12-22-5-3-2-4-16(22)18-14/h2-5,10,12H,6-9,11H2,1H3. The topological polar surface area (TPSA) is 53.7 Å². The highest BCUT2D eigenvalue weighted by Crippen LogP contribution is 2.14. The molecule has 1 amide bonds. The Bertz CT molecular complexity index is 830. The Morgan fingerprint density at radius 3 is 2.79 bits per heavy atom. The van der Waals surface area contributed by atoms with Gasteiger partial charge in [-0.3, -0.25) is 9.69 Å². The van der Waals surface area contributed by atoms with Crippen molar-refractivity contribution in [2.75, 3.05) is 26.2 Å². The van der Waals surface area contributed by atoms with Crippen LogP contribution in [-0.2, 0) is 6.54 Å². The smallest absolute Gasteiger partial charge is 0.273 e. The molecule has 0 aliphatic carbocycles. The zero-order chi connectivity index (χ0) is 16.5. The lowest BCUT2D eigenvalue weighted by atomic mass is 10.2. The SMILES string of the molecule is Cc1cc(C(=O)N2CCN(Cc3cn4ccccc4n3)CC2)ns1. The molecule has 1 aliphatic heterocycles. The highest BCUT2D eigenvalue weighted by Gasteiger charge is 2.24. The fraction of sp³-hybridized carbons (Fsp3) is 0.353. The summed E-state index contributed by atoms with van der Waals surface area (Å²) in [6.45, 7) is 6.00. The van der Waals surface area contributed by atoms with E-state index in [9.17, 15) is 4.79 Å². The number of hydrogen-bond donors (Lipinski definition) is 0. The van der Waals surface area contributed by atoms with Crippen LogP contribution >= 0.6 is 11.5 Å². The Labute approximate surface area is 144 Å². The maximum absolute atomic E-state index is 12.4. The molecule has 3 aromatic rings. The molecule has 3 aromatic heterocycles. The Morgan fingerprint density at radius 1 is 1.25 bits per heavy atom. The Kier molecular flexibility index (Phi) is 4.03. The van der Waals surface area contributed by atoms with Crippen molar-refractivity contribution in [1.82, 2.24) is 23.6 Å². The highest BCUT2D eigenvalue weighted by molar-refractivity contribution is 7.05. The quantitative estimate of drug-likeness (QED) is 0.732. The van der Waals surface area contributed by atoms with Crippen molar-refractivity contribution in [3.8, 4) is 0 Å². The third kappa shape index (κ3) is 3.05. The molecule has 0 radical (unpaired) electrons. The van der Waals surface area contributed by atoms with E-state index in [1.165, 1.54) is 11.5 Å². The van der Waals surface area contributed by atoms with Crippen LogP contribution in [0.3, 0.4) is 0 Å². The molecule has 6 nitrogen and oxygen atoms in total. The van der Waals surface area contributed by atoms with Gasteiger partial charge in [-0.25, -0.2) is 4.98 Å². The van der Waals surface area contributed by atoms with Crippen molar-refractivity contribution in [3.05, 3.63) is 52.9 Å². The van der Waals surface area contributed by atoms with Crippen LogP contribution in [0.4, 0.5) is 0 Å². The molecule has 4 rings (SSSR count). The van der Waals surface area contributed by atoms with Crippen LogP contribution in [0.5, 0.6) is 0 Å². The lowest BCUT2D eigenvalue weighted by Crippen LogP contribution is -2.48. The zero-order valence-electron chi connectivity index (χ0n) is 13.6. The minimum atomic E-state index is 0.0479. The molecule has 0 unspecified atom stereocenters. The fourth-order valence-electron chi connectivity index (χ4n) is 3.03. The van der Waals surface area contributed by atoms with Crippen molar-refractivity contribution >= 4 is 23.1 Å². The largest absolute Gasteiger partial charge is 0.335 e. The Balaban J connectivity index is 1.36. The van der Waals surface area contributed by atoms with Gasteiger partial charge in [-0.1, -0.05) is 6.07 Å². The normalized spacial score (nSPS) is 16.0. The maximum Gasteiger partial charge on any atom is 0.273 e. The number of rotatable bonds is 3. The van der Waals surface area contributed by atoms with Crippen LogP contribution in [-0.4, -0.2) is 55.6 Å². The zero-order valence-corrected chi connectivity index (χ0v) is 14.4. The van der Waals surface area contributed by atoms with Gasteiger partial charge in [0, 0.05) is 50.0 Å². The highest BCUT2D eigenvalue weighted by atomic mass is 32.1. The summed E-state index contributed by atoms with van der Waals surface area (Å²) in [4.78, 5) is 22.4. The van der Waals surface area contributed by atoms with Gasteiger partial charge in [0.1, 0.15) is 11.3 Å². The van der Waals surface area contributed by atoms with E-state index in [0.717, 1.165) is 48.9 Å². The van der Waals surface area contributed by atoms with Crippen molar-refractivity contribution < 1.29 is 4.79 Å². The first-order valence-electron chi connectivity index (χ1n) is 8.06. The van der Waals surface area contributed by atoms with Crippen LogP contribution in [0, 0.1) is 6.92 Å². The van der Waals surface area contributed by atoms with E-state index in [4.69, 9.17) is 0 Å². The fourth-order valence-corrected chi connectivity index (χ4v) is 3.57. The number of pyridine rings is 1. The molecule has 24 heavy (non-hydrogen) atoms. The molecular weight excluding hydrogens is 322 g/mol. The number of imidazole rings is 1. The van der Waals surface area contributed by atoms with Gasteiger partial charge in [0.05, 0.1) is 5.69 Å². The van der Waals surface area contributed by atoms with Gasteiger partial charge in [-0.15, -0.1) is 0 Å². The van der Waals surface area contributed by atoms with E-state index in [1.807, 2.05) is 46.7 Å². The first-order chi connectivity index (χ1) is 11.7. The molecule has 0 aromatic carbocycles. The third-order valence-electron chi connectivity index (χ3n) is 4.31. The summed E-state index contributed by atoms with van der Waals surface area (Å²) in [5.41, 5.74) is 2.61. The van der Waals surface area contributed by atoms with Crippen LogP contribution in [0.25, 0.3) is 5.65 Å². The molecule has 0 atom stereocenters. The van der Waals surface area contributed by atoms with E-state index >= 15 is 0 Å². The predicted octanol–water partition coefficient (Wildman–Crippen LogP) is 2.06. The van der Waals surface area contributed by atoms with Crippen molar-refractivity contribution in [3.63, 3.8) is 0 Å². The predicted molar refractivity (Wildman–Crippen MR) is 93.2 cm³/mol. The van der Waals surface area contributed by atoms with Gasteiger partial charge in [0.2, 0.25) is 0 Å². The number of carbonyl (C=O) groups is 1. The van der Waals surface area contributed by atoms with Crippen LogP contribution < -0.4 is 0 Å². The number of carbonyl (C=O) groups excluding carboxylic acids is 1. The second kappa shape index (κ2) is 6.33. The van der Waals surface area contributed by atoms with E-state index in [1.54, 1.807) is 0 Å². The van der Waals surface area contributed by atoms with Crippen LogP contribution in [0.2, 0.25) is 0 Å². The number of piperazine rings is 1. The summed E-state index contributed by atoms with van der Waals surface area (Å²) in [6.07, 6.45) is 4.09. The van der Waals surface area contributed by atoms with Crippen molar-refractivity contribution in [2.45, 2.75) is 13.5 Å². The molecule has 0 spiro atoms. The molecule has 1 aliphatic rings. The monoisotopic (exact) mass is 341 g/mol. The summed E-state index contributed by atoms with van der Waals surface area (Å²) in [5.74, 6) is 0.0479. The molecule has 1 fully saturated rings. The molecule has 1 saturated heterocycles. The van der Waals surface area contributed by atoms with Gasteiger partial charge in [-0.2, -0.15) is 4.37 Å². The number of amides is 1. The second-order valence-corrected chi connectivity index (χ2v) is 7.10. The first kappa shape index (κ1) is 15.3. The molecule has 4 heterocycles. The number of nitrogens with zero attached hydrogens (tertiary/aromatic N) is 5. The third-order valence-corrected chi connectivity index (χ3v) is 5.00. The molecular formula is C17H19N5OS. The molecule has 124 valence electrons. The van der Waals surface area contributed by atoms with E-state index in [2.05, 4.69) is 20.5 Å². The van der Waals surface area contributed by atoms with Crippen molar-refractivity contribution in [1.29, 1.82) is 0 Å². The molecule has 0 saturated carbocycles. The van der Waals surface area contributed by atoms with Crippen molar-refractivity contribution in [2.24, 2.45) is 0 Å². The van der Waals surface area contributed by atoms with Gasteiger partial charge in [0.25, 0.3) is 5.91 Å². The molecule has 7 heteroatoms. The molecule has 0 N–H and O–H groups in total. The summed E-state index contributed by atoms with van der Waals surface area (Å²) < 4.78 is 6.27. The lowest BCUT2D eigenvalue weighted by Gasteiger charge is -2.34. The first-order valence-corrected chi connectivity index (χ1v) is 8.84. The van der Waals surface area contributed by atoms with E-state index in [-0.39, 0.29) is 5.91 Å². The second-order valence-electron chi connectivity index (χ2n) is 6.09. The van der Waals surface area contributed by atoms with Gasteiger partial charge >= 0.3 is 0 Å². The van der Waals surface area contributed by atoms with Crippen LogP contribution in [0.1, 0.15) is 21.1 Å². The summed E-state index contributed by atoms with van der Waals surface area (Å²) in [7, 11) is 0. The van der Waals surface area contributed by atoms with Gasteiger partial charge in [0.15, 0.2) is 0 Å². The average Bonchev–Trinajstić information content (AvgIpc) is 3.20. The summed E-state index contributed by atoms with van der Waals surface area (Å²) in [6, 6.07) is 7.88. The number of aryl methyl sites for hydroxylation is 1. The van der Waals surface area contributed by atoms with Crippen LogP contribution in [0.15, 0.2) is 36.7 Å². The Hall–Kier alpha value is -2.25. The van der Waals surface area contributed by atoms with E-state index < -0.39 is 0 Å². The summed E-state index contributed by atoms with van der Waals surface area (Å²) >= 11 is 1.38. The minimum Gasteiger partial charge on any atom is -0.335 e. The Morgan fingerprint density at radius 2 is 2.08 bits per heavy atom. The summed E-state index contributed by atoms with van der Waals surface area (Å²) in [5, 5.41) is 0. The number of aromatic nitrogens is 3.